The van der Waals surface area contributed by atoms with Crippen LogP contribution in [-0.2, 0) is 32.5 Å². The third kappa shape index (κ3) is 3.74. The van der Waals surface area contributed by atoms with Crippen molar-refractivity contribution >= 4 is 36.3 Å². The second-order valence-electron chi connectivity index (χ2n) is 7.41. The summed E-state index contributed by atoms with van der Waals surface area (Å²) in [5.41, 5.74) is 2.89. The molecule has 0 fully saturated rings. The Hall–Kier alpha value is -2.45. The highest BCUT2D eigenvalue weighted by Gasteiger charge is 2.31. The Morgan fingerprint density at radius 3 is 2.31 bits per heavy atom. The average Bonchev–Trinajstić information content (AvgIpc) is 3.08. The molecule has 1 aliphatic heterocycles. The minimum atomic E-state index is -3.60. The van der Waals surface area contributed by atoms with Crippen LogP contribution in [0.15, 0.2) is 58.5 Å². The van der Waals surface area contributed by atoms with Gasteiger partial charge in [-0.05, 0) is 24.5 Å². The maximum absolute atomic E-state index is 12.5. The first kappa shape index (κ1) is 19.8. The van der Waals surface area contributed by atoms with E-state index in [1.54, 1.807) is 6.07 Å². The Labute approximate surface area is 171 Å². The molecule has 0 aliphatic carbocycles. The zero-order valence-corrected chi connectivity index (χ0v) is 17.9. The summed E-state index contributed by atoms with van der Waals surface area (Å²) in [6, 6.07) is 15.1. The molecule has 1 aromatic heterocycles. The molecular weight excluding hydrogens is 408 g/mol. The van der Waals surface area contributed by atoms with Crippen LogP contribution in [0.25, 0.3) is 10.9 Å². The fourth-order valence-corrected chi connectivity index (χ4v) is 5.68. The van der Waals surface area contributed by atoms with Crippen molar-refractivity contribution in [1.29, 1.82) is 0 Å². The average molecular weight is 431 g/mol. The van der Waals surface area contributed by atoms with Gasteiger partial charge >= 0.3 is 0 Å². The molecule has 2 heterocycles. The number of fused-ring (bicyclic) bond motifs is 3. The summed E-state index contributed by atoms with van der Waals surface area (Å²) < 4.78 is 49.5. The molecule has 1 aliphatic rings. The smallest absolute Gasteiger partial charge is 0.193 e. The van der Waals surface area contributed by atoms with E-state index in [0.29, 0.717) is 30.5 Å². The van der Waals surface area contributed by atoms with E-state index in [4.69, 9.17) is 0 Å². The maximum atomic E-state index is 12.5. The third-order valence-electron chi connectivity index (χ3n) is 5.22. The number of hydrogen-bond donors (Lipinski definition) is 0. The summed E-state index contributed by atoms with van der Waals surface area (Å²) in [6.45, 7) is 1.39. The van der Waals surface area contributed by atoms with E-state index in [-0.39, 0.29) is 15.4 Å². The predicted molar refractivity (Wildman–Crippen MR) is 114 cm³/mol. The molecular formula is C21H22N2O4S2. The minimum absolute atomic E-state index is 0.0155. The summed E-state index contributed by atoms with van der Waals surface area (Å²) >= 11 is 0. The van der Waals surface area contributed by atoms with Crippen LogP contribution in [0.3, 0.4) is 0 Å². The lowest BCUT2D eigenvalue weighted by atomic mass is 10.1. The molecule has 0 amide bonds. The lowest BCUT2D eigenvalue weighted by molar-refractivity contribution is 0.596. The van der Waals surface area contributed by atoms with Crippen LogP contribution in [0.5, 0.6) is 0 Å². The first-order chi connectivity index (χ1) is 13.7. The molecule has 6 nitrogen and oxygen atoms in total. The molecule has 4 rings (SSSR count). The topological polar surface area (TPSA) is 84.4 Å². The van der Waals surface area contributed by atoms with Crippen molar-refractivity contribution in [3.8, 4) is 0 Å². The van der Waals surface area contributed by atoms with Crippen molar-refractivity contribution in [2.75, 3.05) is 30.5 Å². The van der Waals surface area contributed by atoms with Gasteiger partial charge in [0.25, 0.3) is 0 Å². The molecule has 0 radical (unpaired) electrons. The van der Waals surface area contributed by atoms with E-state index < -0.39 is 19.7 Å². The molecule has 8 heteroatoms. The van der Waals surface area contributed by atoms with Gasteiger partial charge in [-0.3, -0.25) is 0 Å². The van der Waals surface area contributed by atoms with Crippen LogP contribution < -0.4 is 4.90 Å². The van der Waals surface area contributed by atoms with Gasteiger partial charge in [-0.2, -0.15) is 0 Å². The second-order valence-corrected chi connectivity index (χ2v) is 11.3. The van der Waals surface area contributed by atoms with Crippen molar-refractivity contribution < 1.29 is 16.8 Å². The Kier molecular flexibility index (Phi) is 4.86. The highest BCUT2D eigenvalue weighted by Crippen LogP contribution is 2.40. The Morgan fingerprint density at radius 2 is 1.66 bits per heavy atom. The molecule has 2 aromatic carbocycles. The first-order valence-electron chi connectivity index (χ1n) is 9.31. The summed E-state index contributed by atoms with van der Waals surface area (Å²) in [4.78, 5) is 6.54. The lowest BCUT2D eigenvalue weighted by Gasteiger charge is -2.22. The molecule has 152 valence electrons. The van der Waals surface area contributed by atoms with Crippen molar-refractivity contribution in [3.05, 3.63) is 59.7 Å². The highest BCUT2D eigenvalue weighted by molar-refractivity contribution is 7.91. The van der Waals surface area contributed by atoms with Crippen molar-refractivity contribution in [2.45, 2.75) is 22.8 Å². The standard InChI is InChI=1S/C21H22N2O4S2/c1-28(24,25)18-10-6-9-16-19(18)22-21(29(2,26)27)17-12-14-23(20(16)17)13-11-15-7-4-3-5-8-15/h3-10H,11-14H2,1-2H3. The largest absolute Gasteiger partial charge is 0.370 e. The monoisotopic (exact) mass is 430 g/mol. The van der Waals surface area contributed by atoms with Crippen LogP contribution in [0.1, 0.15) is 11.1 Å². The number of para-hydroxylation sites is 1. The molecule has 0 N–H and O–H groups in total. The number of anilines is 1. The van der Waals surface area contributed by atoms with Gasteiger partial charge < -0.3 is 4.90 Å². The second kappa shape index (κ2) is 7.11. The number of sulfone groups is 2. The number of aromatic nitrogens is 1. The van der Waals surface area contributed by atoms with Crippen molar-refractivity contribution in [2.24, 2.45) is 0 Å². The van der Waals surface area contributed by atoms with Crippen LogP contribution in [0, 0.1) is 0 Å². The summed E-state index contributed by atoms with van der Waals surface area (Å²) in [6.07, 6.45) is 3.61. The quantitative estimate of drug-likeness (QED) is 0.619. The van der Waals surface area contributed by atoms with E-state index in [1.165, 1.54) is 11.6 Å². The van der Waals surface area contributed by atoms with E-state index in [1.807, 2.05) is 24.3 Å². The SMILES string of the molecule is CS(=O)(=O)c1nc2c(S(C)(=O)=O)cccc2c2c1CCN2CCc1ccccc1. The summed E-state index contributed by atoms with van der Waals surface area (Å²) in [5, 5.41) is 0.666. The number of pyridine rings is 1. The molecule has 0 unspecified atom stereocenters. The summed E-state index contributed by atoms with van der Waals surface area (Å²) in [5.74, 6) is 0. The fourth-order valence-electron chi connectivity index (χ4n) is 3.94. The first-order valence-corrected chi connectivity index (χ1v) is 13.1. The molecule has 0 bridgehead atoms. The van der Waals surface area contributed by atoms with Crippen LogP contribution in [0.4, 0.5) is 5.69 Å². The lowest BCUT2D eigenvalue weighted by Crippen LogP contribution is -2.23. The van der Waals surface area contributed by atoms with Gasteiger partial charge in [0.15, 0.2) is 24.7 Å². The van der Waals surface area contributed by atoms with E-state index >= 15 is 0 Å². The van der Waals surface area contributed by atoms with Gasteiger partial charge in [0.05, 0.1) is 16.1 Å². The Morgan fingerprint density at radius 1 is 0.931 bits per heavy atom. The van der Waals surface area contributed by atoms with Gasteiger partial charge in [0.2, 0.25) is 0 Å². The Bertz CT molecular complexity index is 1300. The maximum Gasteiger partial charge on any atom is 0.193 e. The number of nitrogens with zero attached hydrogens (tertiary/aromatic N) is 2. The normalized spacial score (nSPS) is 14.3. The van der Waals surface area contributed by atoms with Crippen LogP contribution >= 0.6 is 0 Å². The molecule has 0 saturated heterocycles. The number of hydrogen-bond acceptors (Lipinski definition) is 6. The third-order valence-corrected chi connectivity index (χ3v) is 7.39. The van der Waals surface area contributed by atoms with E-state index in [0.717, 1.165) is 24.6 Å². The van der Waals surface area contributed by atoms with Gasteiger partial charge in [-0.15, -0.1) is 0 Å². The molecule has 29 heavy (non-hydrogen) atoms. The van der Waals surface area contributed by atoms with Gasteiger partial charge in [0, 0.05) is 36.6 Å². The zero-order chi connectivity index (χ0) is 20.8. The molecule has 3 aromatic rings. The van der Waals surface area contributed by atoms with Gasteiger partial charge in [-0.25, -0.2) is 21.8 Å². The van der Waals surface area contributed by atoms with Crippen molar-refractivity contribution in [3.63, 3.8) is 0 Å². The van der Waals surface area contributed by atoms with Gasteiger partial charge in [0.1, 0.15) is 0 Å². The zero-order valence-electron chi connectivity index (χ0n) is 16.3. The number of rotatable bonds is 5. The van der Waals surface area contributed by atoms with Gasteiger partial charge in [-0.1, -0.05) is 42.5 Å². The molecule has 0 atom stereocenters. The molecule has 0 spiro atoms. The Balaban J connectivity index is 1.91. The highest BCUT2D eigenvalue weighted by atomic mass is 32.2. The molecule has 0 saturated carbocycles. The fraction of sp³-hybridized carbons (Fsp3) is 0.286. The van der Waals surface area contributed by atoms with E-state index in [9.17, 15) is 16.8 Å². The number of benzene rings is 2. The predicted octanol–water partition coefficient (Wildman–Crippen LogP) is 2.65. The minimum Gasteiger partial charge on any atom is -0.370 e. The van der Waals surface area contributed by atoms with Crippen LogP contribution in [-0.4, -0.2) is 47.4 Å². The van der Waals surface area contributed by atoms with Crippen LogP contribution in [0.2, 0.25) is 0 Å². The van der Waals surface area contributed by atoms with Crippen molar-refractivity contribution in [1.82, 2.24) is 4.98 Å². The van der Waals surface area contributed by atoms with E-state index in [2.05, 4.69) is 22.0 Å². The summed E-state index contributed by atoms with van der Waals surface area (Å²) in [7, 11) is -7.16.